The van der Waals surface area contributed by atoms with E-state index in [-0.39, 0.29) is 17.4 Å². The molecule has 2 aliphatic rings. The van der Waals surface area contributed by atoms with E-state index in [2.05, 4.69) is 25.9 Å². The molecule has 0 saturated heterocycles. The Morgan fingerprint density at radius 3 is 2.47 bits per heavy atom. The van der Waals surface area contributed by atoms with Crippen LogP contribution in [0.4, 0.5) is 0 Å². The van der Waals surface area contributed by atoms with Gasteiger partial charge in [0.2, 0.25) is 5.91 Å². The highest BCUT2D eigenvalue weighted by Crippen LogP contribution is 2.30. The van der Waals surface area contributed by atoms with Crippen molar-refractivity contribution in [1.82, 2.24) is 5.01 Å². The van der Waals surface area contributed by atoms with Crippen LogP contribution in [0.3, 0.4) is 0 Å². The first-order chi connectivity index (χ1) is 7.89. The SMILES string of the molecule is CC(C)(C)C1=NN(C2CCCCC2O)C(=O)C1. The minimum absolute atomic E-state index is 0.0425. The first kappa shape index (κ1) is 12.6. The van der Waals surface area contributed by atoms with Gasteiger partial charge in [0.25, 0.3) is 0 Å². The Balaban J connectivity index is 2.15. The van der Waals surface area contributed by atoms with Crippen LogP contribution in [0.2, 0.25) is 0 Å². The third kappa shape index (κ3) is 2.51. The normalized spacial score (nSPS) is 30.7. The molecule has 1 N–H and O–H groups in total. The second-order valence-corrected chi connectivity index (χ2v) is 6.13. The lowest BCUT2D eigenvalue weighted by Gasteiger charge is -2.32. The molecule has 0 aromatic heterocycles. The maximum absolute atomic E-state index is 12.0. The summed E-state index contributed by atoms with van der Waals surface area (Å²) in [7, 11) is 0. The second kappa shape index (κ2) is 4.41. The molecule has 2 atom stereocenters. The number of aliphatic hydroxyl groups excluding tert-OH is 1. The second-order valence-electron chi connectivity index (χ2n) is 6.13. The summed E-state index contributed by atoms with van der Waals surface area (Å²) >= 11 is 0. The maximum atomic E-state index is 12.0. The van der Waals surface area contributed by atoms with Crippen molar-refractivity contribution in [2.45, 2.75) is 65.0 Å². The van der Waals surface area contributed by atoms with Crippen LogP contribution in [0.25, 0.3) is 0 Å². The van der Waals surface area contributed by atoms with Crippen LogP contribution < -0.4 is 0 Å². The van der Waals surface area contributed by atoms with E-state index in [4.69, 9.17) is 0 Å². The quantitative estimate of drug-likeness (QED) is 0.759. The van der Waals surface area contributed by atoms with E-state index in [1.54, 1.807) is 5.01 Å². The first-order valence-electron chi connectivity index (χ1n) is 6.47. The summed E-state index contributed by atoms with van der Waals surface area (Å²) < 4.78 is 0. The van der Waals surface area contributed by atoms with E-state index in [9.17, 15) is 9.90 Å². The van der Waals surface area contributed by atoms with Crippen molar-refractivity contribution in [3.63, 3.8) is 0 Å². The minimum Gasteiger partial charge on any atom is -0.391 e. The van der Waals surface area contributed by atoms with Crippen LogP contribution in [-0.2, 0) is 4.79 Å². The Morgan fingerprint density at radius 2 is 1.94 bits per heavy atom. The van der Waals surface area contributed by atoms with E-state index in [0.29, 0.717) is 6.42 Å². The van der Waals surface area contributed by atoms with Gasteiger partial charge in [0.05, 0.1) is 24.3 Å². The Bertz CT molecular complexity index is 344. The molecular formula is C13H22N2O2. The van der Waals surface area contributed by atoms with Crippen molar-refractivity contribution in [2.24, 2.45) is 10.5 Å². The summed E-state index contributed by atoms with van der Waals surface area (Å²) in [4.78, 5) is 12.0. The van der Waals surface area contributed by atoms with Gasteiger partial charge in [0, 0.05) is 5.41 Å². The van der Waals surface area contributed by atoms with E-state index >= 15 is 0 Å². The van der Waals surface area contributed by atoms with Crippen LogP contribution in [0.15, 0.2) is 5.10 Å². The van der Waals surface area contributed by atoms with Crippen molar-refractivity contribution < 1.29 is 9.90 Å². The van der Waals surface area contributed by atoms with Gasteiger partial charge in [0.15, 0.2) is 0 Å². The van der Waals surface area contributed by atoms with Crippen molar-refractivity contribution in [1.29, 1.82) is 0 Å². The van der Waals surface area contributed by atoms with E-state index in [1.165, 1.54) is 0 Å². The standard InChI is InChI=1S/C13H22N2O2/c1-13(2,3)11-8-12(17)15(14-11)9-6-4-5-7-10(9)16/h9-10,16H,4-8H2,1-3H3. The van der Waals surface area contributed by atoms with Gasteiger partial charge in [-0.25, -0.2) is 5.01 Å². The average Bonchev–Trinajstić information content (AvgIpc) is 2.61. The Hall–Kier alpha value is -0.900. The van der Waals surface area contributed by atoms with Crippen LogP contribution >= 0.6 is 0 Å². The van der Waals surface area contributed by atoms with Gasteiger partial charge in [-0.3, -0.25) is 4.79 Å². The number of hydrogen-bond donors (Lipinski definition) is 1. The molecule has 17 heavy (non-hydrogen) atoms. The number of nitrogens with zero attached hydrogens (tertiary/aromatic N) is 2. The Labute approximate surface area is 103 Å². The Kier molecular flexibility index (Phi) is 3.25. The maximum Gasteiger partial charge on any atom is 0.248 e. The van der Waals surface area contributed by atoms with Gasteiger partial charge in [-0.15, -0.1) is 0 Å². The van der Waals surface area contributed by atoms with Crippen molar-refractivity contribution in [3.05, 3.63) is 0 Å². The van der Waals surface area contributed by atoms with Crippen LogP contribution in [0.1, 0.15) is 52.9 Å². The van der Waals surface area contributed by atoms with Crippen molar-refractivity contribution in [2.75, 3.05) is 0 Å². The molecule has 4 nitrogen and oxygen atoms in total. The number of aliphatic hydroxyl groups is 1. The lowest BCUT2D eigenvalue weighted by Crippen LogP contribution is -2.43. The molecule has 1 aliphatic heterocycles. The fourth-order valence-corrected chi connectivity index (χ4v) is 2.50. The van der Waals surface area contributed by atoms with Crippen LogP contribution in [0.5, 0.6) is 0 Å². The summed E-state index contributed by atoms with van der Waals surface area (Å²) in [5.41, 5.74) is 0.865. The summed E-state index contributed by atoms with van der Waals surface area (Å²) in [6, 6.07) is -0.101. The number of rotatable bonds is 1. The van der Waals surface area contributed by atoms with Gasteiger partial charge >= 0.3 is 0 Å². The van der Waals surface area contributed by atoms with Crippen molar-refractivity contribution >= 4 is 11.6 Å². The molecule has 0 spiro atoms. The third-order valence-corrected chi connectivity index (χ3v) is 3.68. The summed E-state index contributed by atoms with van der Waals surface area (Å²) in [6.45, 7) is 6.21. The number of carbonyl (C=O) groups is 1. The molecule has 1 aliphatic carbocycles. The zero-order valence-electron chi connectivity index (χ0n) is 10.9. The first-order valence-corrected chi connectivity index (χ1v) is 6.47. The summed E-state index contributed by atoms with van der Waals surface area (Å²) in [5.74, 6) is 0.0425. The average molecular weight is 238 g/mol. The lowest BCUT2D eigenvalue weighted by molar-refractivity contribution is -0.134. The van der Waals surface area contributed by atoms with Gasteiger partial charge < -0.3 is 5.11 Å². The monoisotopic (exact) mass is 238 g/mol. The lowest BCUT2D eigenvalue weighted by atomic mass is 9.88. The zero-order chi connectivity index (χ0) is 12.6. The highest BCUT2D eigenvalue weighted by atomic mass is 16.3. The molecule has 1 fully saturated rings. The Morgan fingerprint density at radius 1 is 1.29 bits per heavy atom. The number of hydrazone groups is 1. The van der Waals surface area contributed by atoms with E-state index < -0.39 is 6.10 Å². The highest BCUT2D eigenvalue weighted by Gasteiger charge is 2.38. The molecule has 1 heterocycles. The molecule has 0 bridgehead atoms. The molecule has 0 aromatic rings. The van der Waals surface area contributed by atoms with Gasteiger partial charge in [-0.05, 0) is 12.8 Å². The largest absolute Gasteiger partial charge is 0.391 e. The zero-order valence-corrected chi connectivity index (χ0v) is 10.9. The van der Waals surface area contributed by atoms with Crippen molar-refractivity contribution in [3.8, 4) is 0 Å². The number of hydrogen-bond acceptors (Lipinski definition) is 3. The molecule has 1 saturated carbocycles. The summed E-state index contributed by atoms with van der Waals surface area (Å²) in [5, 5.41) is 16.0. The topological polar surface area (TPSA) is 52.9 Å². The number of carbonyl (C=O) groups excluding carboxylic acids is 1. The molecular weight excluding hydrogens is 216 g/mol. The van der Waals surface area contributed by atoms with E-state index in [1.807, 2.05) is 0 Å². The third-order valence-electron chi connectivity index (χ3n) is 3.68. The smallest absolute Gasteiger partial charge is 0.248 e. The predicted octanol–water partition coefficient (Wildman–Crippen LogP) is 1.92. The van der Waals surface area contributed by atoms with Gasteiger partial charge in [-0.1, -0.05) is 33.6 Å². The highest BCUT2D eigenvalue weighted by molar-refractivity contribution is 6.07. The molecule has 0 aromatic carbocycles. The molecule has 4 heteroatoms. The van der Waals surface area contributed by atoms with E-state index in [0.717, 1.165) is 31.4 Å². The van der Waals surface area contributed by atoms with Crippen LogP contribution in [-0.4, -0.2) is 33.9 Å². The van der Waals surface area contributed by atoms with Crippen LogP contribution in [0, 0.1) is 5.41 Å². The fraction of sp³-hybridized carbons (Fsp3) is 0.846. The van der Waals surface area contributed by atoms with Gasteiger partial charge in [-0.2, -0.15) is 5.10 Å². The number of amides is 1. The van der Waals surface area contributed by atoms with Gasteiger partial charge in [0.1, 0.15) is 0 Å². The molecule has 0 radical (unpaired) electrons. The molecule has 2 rings (SSSR count). The molecule has 2 unspecified atom stereocenters. The minimum atomic E-state index is -0.407. The summed E-state index contributed by atoms with van der Waals surface area (Å²) in [6.07, 6.45) is 3.78. The fourth-order valence-electron chi connectivity index (χ4n) is 2.50. The molecule has 96 valence electrons. The predicted molar refractivity (Wildman–Crippen MR) is 66.6 cm³/mol. The molecule has 1 amide bonds.